The topological polar surface area (TPSA) is 52.6 Å². The third-order valence-corrected chi connectivity index (χ3v) is 6.39. The second kappa shape index (κ2) is 14.4. The summed E-state index contributed by atoms with van der Waals surface area (Å²) in [5.41, 5.74) is -8.52. The summed E-state index contributed by atoms with van der Waals surface area (Å²) in [6.45, 7) is 3.78. The summed E-state index contributed by atoms with van der Waals surface area (Å²) in [6.07, 6.45) is -5.91. The van der Waals surface area contributed by atoms with Crippen molar-refractivity contribution in [3.63, 3.8) is 0 Å². The lowest BCUT2D eigenvalue weighted by Gasteiger charge is -2.39. The molecule has 0 N–H and O–H groups in total. The molecule has 216 valence electrons. The highest BCUT2D eigenvalue weighted by molar-refractivity contribution is 5.92. The SMILES string of the molecule is CCCCCCOC(=O)c1cccc(C(c2ccccc2C(=O)OCCCCCC)(C(F)(F)F)C(F)(F)F)c1. The zero-order valence-electron chi connectivity index (χ0n) is 22.1. The Morgan fingerprint density at radius 2 is 1.21 bits per heavy atom. The molecule has 0 aliphatic carbocycles. The predicted molar refractivity (Wildman–Crippen MR) is 135 cm³/mol. The predicted octanol–water partition coefficient (Wildman–Crippen LogP) is 8.57. The molecule has 0 bridgehead atoms. The number of ether oxygens (including phenoxy) is 2. The highest BCUT2D eigenvalue weighted by atomic mass is 19.4. The Morgan fingerprint density at radius 3 is 1.74 bits per heavy atom. The van der Waals surface area contributed by atoms with Crippen LogP contribution >= 0.6 is 0 Å². The van der Waals surface area contributed by atoms with Gasteiger partial charge in [-0.25, -0.2) is 9.59 Å². The minimum absolute atomic E-state index is 0.0142. The Morgan fingerprint density at radius 1 is 0.667 bits per heavy atom. The molecule has 0 atom stereocenters. The first-order valence-electron chi connectivity index (χ1n) is 13.1. The maximum absolute atomic E-state index is 14.7. The lowest BCUT2D eigenvalue weighted by Crippen LogP contribution is -2.55. The molecule has 2 rings (SSSR count). The number of halogens is 6. The molecule has 0 radical (unpaired) electrons. The highest BCUT2D eigenvalue weighted by Crippen LogP contribution is 2.57. The Hall–Kier alpha value is -3.04. The van der Waals surface area contributed by atoms with Crippen LogP contribution in [0.2, 0.25) is 0 Å². The van der Waals surface area contributed by atoms with Crippen LogP contribution in [0.3, 0.4) is 0 Å². The van der Waals surface area contributed by atoms with Crippen molar-refractivity contribution >= 4 is 11.9 Å². The van der Waals surface area contributed by atoms with Gasteiger partial charge in [-0.1, -0.05) is 82.7 Å². The molecule has 2 aromatic rings. The molecule has 0 spiro atoms. The maximum atomic E-state index is 14.7. The third-order valence-electron chi connectivity index (χ3n) is 6.39. The van der Waals surface area contributed by atoms with E-state index in [4.69, 9.17) is 9.47 Å². The molecule has 0 aliphatic rings. The quantitative estimate of drug-likeness (QED) is 0.132. The lowest BCUT2D eigenvalue weighted by molar-refractivity contribution is -0.288. The van der Waals surface area contributed by atoms with Crippen LogP contribution < -0.4 is 0 Å². The largest absolute Gasteiger partial charge is 0.462 e. The van der Waals surface area contributed by atoms with Gasteiger partial charge in [-0.2, -0.15) is 26.3 Å². The maximum Gasteiger partial charge on any atom is 0.411 e. The highest BCUT2D eigenvalue weighted by Gasteiger charge is 2.73. The molecule has 0 unspecified atom stereocenters. The van der Waals surface area contributed by atoms with Crippen molar-refractivity contribution in [3.8, 4) is 0 Å². The van der Waals surface area contributed by atoms with E-state index in [0.717, 1.165) is 56.4 Å². The minimum Gasteiger partial charge on any atom is -0.462 e. The van der Waals surface area contributed by atoms with Gasteiger partial charge in [0.15, 0.2) is 0 Å². The molecule has 0 amide bonds. The van der Waals surface area contributed by atoms with E-state index in [1.54, 1.807) is 0 Å². The van der Waals surface area contributed by atoms with Gasteiger partial charge in [0.05, 0.1) is 24.3 Å². The average molecular weight is 561 g/mol. The van der Waals surface area contributed by atoms with Crippen molar-refractivity contribution in [1.82, 2.24) is 0 Å². The Labute approximate surface area is 224 Å². The fourth-order valence-corrected chi connectivity index (χ4v) is 4.36. The van der Waals surface area contributed by atoms with Gasteiger partial charge in [-0.15, -0.1) is 0 Å². The number of benzene rings is 2. The van der Waals surface area contributed by atoms with Crippen molar-refractivity contribution in [2.75, 3.05) is 13.2 Å². The van der Waals surface area contributed by atoms with Gasteiger partial charge in [0, 0.05) is 0 Å². The molecule has 0 fully saturated rings. The first-order chi connectivity index (χ1) is 18.4. The van der Waals surface area contributed by atoms with E-state index >= 15 is 0 Å². The van der Waals surface area contributed by atoms with Gasteiger partial charge in [0.1, 0.15) is 0 Å². The van der Waals surface area contributed by atoms with Crippen LogP contribution in [0.1, 0.15) is 97.1 Å². The van der Waals surface area contributed by atoms with Crippen LogP contribution in [-0.4, -0.2) is 37.5 Å². The molecule has 0 heterocycles. The molecule has 10 heteroatoms. The Balaban J connectivity index is 2.57. The van der Waals surface area contributed by atoms with E-state index in [9.17, 15) is 35.9 Å². The minimum atomic E-state index is -5.94. The summed E-state index contributed by atoms with van der Waals surface area (Å²) >= 11 is 0. The molecular formula is C29H34F6O4. The molecular weight excluding hydrogens is 526 g/mol. The third kappa shape index (κ3) is 7.76. The van der Waals surface area contributed by atoms with Crippen LogP contribution in [0.4, 0.5) is 26.3 Å². The van der Waals surface area contributed by atoms with Crippen molar-refractivity contribution < 1.29 is 45.4 Å². The first kappa shape index (κ1) is 32.2. The van der Waals surface area contributed by atoms with Crippen LogP contribution in [-0.2, 0) is 14.9 Å². The van der Waals surface area contributed by atoms with Crippen LogP contribution in [0.15, 0.2) is 48.5 Å². The number of hydrogen-bond donors (Lipinski definition) is 0. The molecule has 0 aliphatic heterocycles. The Bertz CT molecular complexity index is 1060. The Kier molecular flexibility index (Phi) is 11.9. The van der Waals surface area contributed by atoms with E-state index in [0.29, 0.717) is 37.5 Å². The first-order valence-corrected chi connectivity index (χ1v) is 13.1. The number of carbonyl (C=O) groups is 2. The standard InChI is InChI=1S/C29H34F6O4/c1-3-5-7-11-18-38-25(36)21-14-13-15-22(20-21)27(28(30,31)32,29(33,34)35)24-17-10-9-16-23(24)26(37)39-19-12-8-6-4-2/h9-10,13-17,20H,3-8,11-12,18-19H2,1-2H3. The van der Waals surface area contributed by atoms with Gasteiger partial charge in [-0.05, 0) is 42.2 Å². The van der Waals surface area contributed by atoms with Crippen molar-refractivity contribution in [2.24, 2.45) is 0 Å². The number of hydrogen-bond acceptors (Lipinski definition) is 4. The van der Waals surface area contributed by atoms with Crippen molar-refractivity contribution in [3.05, 3.63) is 70.8 Å². The number of unbranched alkanes of at least 4 members (excludes halogenated alkanes) is 6. The van der Waals surface area contributed by atoms with E-state index in [1.165, 1.54) is 6.07 Å². The lowest BCUT2D eigenvalue weighted by atomic mass is 9.71. The second-order valence-electron chi connectivity index (χ2n) is 9.27. The summed E-state index contributed by atoms with van der Waals surface area (Å²) in [4.78, 5) is 25.3. The summed E-state index contributed by atoms with van der Waals surface area (Å²) in [5.74, 6) is -2.33. The van der Waals surface area contributed by atoms with Gasteiger partial charge in [-0.3, -0.25) is 0 Å². The van der Waals surface area contributed by atoms with Crippen molar-refractivity contribution in [1.29, 1.82) is 0 Å². The second-order valence-corrected chi connectivity index (χ2v) is 9.27. The summed E-state index contributed by atoms with van der Waals surface area (Å²) < 4.78 is 98.6. The van der Waals surface area contributed by atoms with Gasteiger partial charge in [0.25, 0.3) is 0 Å². The van der Waals surface area contributed by atoms with Gasteiger partial charge in [0.2, 0.25) is 5.41 Å². The van der Waals surface area contributed by atoms with Crippen LogP contribution in [0.5, 0.6) is 0 Å². The summed E-state index contributed by atoms with van der Waals surface area (Å²) in [7, 11) is 0. The fourth-order valence-electron chi connectivity index (χ4n) is 4.36. The fraction of sp³-hybridized carbons (Fsp3) is 0.517. The van der Waals surface area contributed by atoms with E-state index in [2.05, 4.69) is 0 Å². The molecule has 2 aromatic carbocycles. The van der Waals surface area contributed by atoms with Crippen LogP contribution in [0.25, 0.3) is 0 Å². The number of esters is 2. The average Bonchev–Trinajstić information content (AvgIpc) is 2.87. The monoisotopic (exact) mass is 560 g/mol. The normalized spacial score (nSPS) is 12.3. The number of rotatable bonds is 14. The van der Waals surface area contributed by atoms with Gasteiger partial charge >= 0.3 is 24.3 Å². The van der Waals surface area contributed by atoms with E-state index < -0.39 is 52.0 Å². The molecule has 0 saturated heterocycles. The summed E-state index contributed by atoms with van der Waals surface area (Å²) in [5, 5.41) is 0. The molecule has 4 nitrogen and oxygen atoms in total. The van der Waals surface area contributed by atoms with E-state index in [1.807, 2.05) is 13.8 Å². The van der Waals surface area contributed by atoms with Crippen LogP contribution in [0, 0.1) is 0 Å². The van der Waals surface area contributed by atoms with E-state index in [-0.39, 0.29) is 13.2 Å². The van der Waals surface area contributed by atoms with Gasteiger partial charge < -0.3 is 9.47 Å². The molecule has 0 saturated carbocycles. The smallest absolute Gasteiger partial charge is 0.411 e. The molecule has 39 heavy (non-hydrogen) atoms. The number of carbonyl (C=O) groups excluding carboxylic acids is 2. The molecule has 0 aromatic heterocycles. The zero-order chi connectivity index (χ0) is 29.1. The van der Waals surface area contributed by atoms with Crippen molar-refractivity contribution in [2.45, 2.75) is 83.0 Å². The zero-order valence-corrected chi connectivity index (χ0v) is 22.1. The summed E-state index contributed by atoms with van der Waals surface area (Å²) in [6, 6.07) is 6.86. The number of alkyl halides is 6.